The minimum Gasteiger partial charge on any atom is -0.341 e. The van der Waals surface area contributed by atoms with Gasteiger partial charge < -0.3 is 15.5 Å². The van der Waals surface area contributed by atoms with E-state index in [9.17, 15) is 4.39 Å². The van der Waals surface area contributed by atoms with Gasteiger partial charge in [0.2, 0.25) is 17.8 Å². The zero-order valence-electron chi connectivity index (χ0n) is 14.9. The van der Waals surface area contributed by atoms with Crippen LogP contribution in [0.15, 0.2) is 48.5 Å². The largest absolute Gasteiger partial charge is 0.341 e. The summed E-state index contributed by atoms with van der Waals surface area (Å²) in [4.78, 5) is 15.6. The van der Waals surface area contributed by atoms with Crippen LogP contribution in [-0.4, -0.2) is 28.0 Å². The Balaban J connectivity index is 0.00000225. The van der Waals surface area contributed by atoms with Crippen molar-refractivity contribution in [3.8, 4) is 0 Å². The molecule has 1 aliphatic rings. The summed E-state index contributed by atoms with van der Waals surface area (Å²) < 4.78 is 13.1. The third-order valence-electron chi connectivity index (χ3n) is 4.21. The van der Waals surface area contributed by atoms with E-state index in [1.807, 2.05) is 12.1 Å². The van der Waals surface area contributed by atoms with Gasteiger partial charge in [0.05, 0.1) is 0 Å². The van der Waals surface area contributed by atoms with Crippen LogP contribution < -0.4 is 15.5 Å². The van der Waals surface area contributed by atoms with Crippen molar-refractivity contribution >= 4 is 53.2 Å². The second-order valence-corrected chi connectivity index (χ2v) is 6.68. The van der Waals surface area contributed by atoms with Crippen molar-refractivity contribution in [1.82, 2.24) is 15.0 Å². The molecule has 2 heterocycles. The zero-order chi connectivity index (χ0) is 18.6. The number of nitrogens with zero attached hydrogens (tertiary/aromatic N) is 4. The molecule has 0 aliphatic carbocycles. The molecule has 2 N–H and O–H groups in total. The number of halogens is 3. The number of benzene rings is 2. The van der Waals surface area contributed by atoms with Gasteiger partial charge in [0.15, 0.2) is 0 Å². The fourth-order valence-electron chi connectivity index (χ4n) is 2.86. The lowest BCUT2D eigenvalue weighted by atomic mass is 10.3. The van der Waals surface area contributed by atoms with Gasteiger partial charge in [-0.1, -0.05) is 11.6 Å². The lowest BCUT2D eigenvalue weighted by molar-refractivity contribution is 0.628. The Morgan fingerprint density at radius 2 is 1.29 bits per heavy atom. The monoisotopic (exact) mass is 420 g/mol. The van der Waals surface area contributed by atoms with E-state index in [1.54, 1.807) is 24.3 Å². The highest BCUT2D eigenvalue weighted by atomic mass is 35.5. The topological polar surface area (TPSA) is 66.0 Å². The van der Waals surface area contributed by atoms with E-state index in [4.69, 9.17) is 11.6 Å². The average molecular weight is 421 g/mol. The smallest absolute Gasteiger partial charge is 0.233 e. The van der Waals surface area contributed by atoms with Gasteiger partial charge in [-0.05, 0) is 61.4 Å². The molecule has 0 unspecified atom stereocenters. The second kappa shape index (κ2) is 9.03. The molecule has 0 spiro atoms. The van der Waals surface area contributed by atoms with Crippen LogP contribution in [0.4, 0.5) is 33.6 Å². The summed E-state index contributed by atoms with van der Waals surface area (Å²) in [5, 5.41) is 6.96. The first-order chi connectivity index (χ1) is 13.2. The lowest BCUT2D eigenvalue weighted by Crippen LogP contribution is -2.21. The highest BCUT2D eigenvalue weighted by molar-refractivity contribution is 6.30. The van der Waals surface area contributed by atoms with Crippen LogP contribution in [0, 0.1) is 5.82 Å². The molecule has 0 bridgehead atoms. The van der Waals surface area contributed by atoms with Crippen molar-refractivity contribution in [2.24, 2.45) is 0 Å². The SMILES string of the molecule is Cl.Fc1ccc(Nc2nc(Nc3ccc(Cl)cc3)nc(N3CCCC3)n2)cc1. The van der Waals surface area contributed by atoms with Crippen molar-refractivity contribution in [3.63, 3.8) is 0 Å². The van der Waals surface area contributed by atoms with Crippen molar-refractivity contribution in [2.75, 3.05) is 28.6 Å². The molecule has 1 aliphatic heterocycles. The molecule has 3 aromatic rings. The van der Waals surface area contributed by atoms with Gasteiger partial charge in [-0.25, -0.2) is 4.39 Å². The number of rotatable bonds is 5. The van der Waals surface area contributed by atoms with Gasteiger partial charge in [0.1, 0.15) is 5.82 Å². The Kier molecular flexibility index (Phi) is 6.49. The Labute approximate surface area is 173 Å². The zero-order valence-corrected chi connectivity index (χ0v) is 16.5. The van der Waals surface area contributed by atoms with Gasteiger partial charge in [-0.3, -0.25) is 0 Å². The molecule has 9 heteroatoms. The first-order valence-electron chi connectivity index (χ1n) is 8.72. The average Bonchev–Trinajstić information content (AvgIpc) is 3.20. The molecule has 4 rings (SSSR count). The van der Waals surface area contributed by atoms with Crippen molar-refractivity contribution < 1.29 is 4.39 Å². The Morgan fingerprint density at radius 3 is 1.82 bits per heavy atom. The highest BCUT2D eigenvalue weighted by Crippen LogP contribution is 2.23. The van der Waals surface area contributed by atoms with Crippen LogP contribution in [-0.2, 0) is 0 Å². The predicted octanol–water partition coefficient (Wildman–Crippen LogP) is 5.17. The predicted molar refractivity (Wildman–Crippen MR) is 113 cm³/mol. The molecule has 6 nitrogen and oxygen atoms in total. The Bertz CT molecular complexity index is 849. The normalized spacial score (nSPS) is 13.1. The van der Waals surface area contributed by atoms with Crippen LogP contribution in [0.5, 0.6) is 0 Å². The molecule has 1 fully saturated rings. The molecule has 0 radical (unpaired) electrons. The maximum Gasteiger partial charge on any atom is 0.233 e. The first-order valence-corrected chi connectivity index (χ1v) is 9.10. The molecule has 1 aromatic heterocycles. The minimum absolute atomic E-state index is 0. The number of hydrogen-bond acceptors (Lipinski definition) is 6. The third-order valence-corrected chi connectivity index (χ3v) is 4.47. The van der Waals surface area contributed by atoms with E-state index in [0.717, 1.165) is 31.6 Å². The fourth-order valence-corrected chi connectivity index (χ4v) is 2.99. The van der Waals surface area contributed by atoms with E-state index in [1.165, 1.54) is 12.1 Å². The van der Waals surface area contributed by atoms with Crippen LogP contribution in [0.2, 0.25) is 5.02 Å². The van der Waals surface area contributed by atoms with E-state index in [0.29, 0.717) is 28.6 Å². The number of anilines is 5. The van der Waals surface area contributed by atoms with Crippen molar-refractivity contribution in [2.45, 2.75) is 12.8 Å². The van der Waals surface area contributed by atoms with Crippen LogP contribution in [0.3, 0.4) is 0 Å². The van der Waals surface area contributed by atoms with Crippen LogP contribution >= 0.6 is 24.0 Å². The maximum absolute atomic E-state index is 13.1. The minimum atomic E-state index is -0.293. The van der Waals surface area contributed by atoms with Crippen LogP contribution in [0.1, 0.15) is 12.8 Å². The summed E-state index contributed by atoms with van der Waals surface area (Å²) in [5.74, 6) is 1.15. The lowest BCUT2D eigenvalue weighted by Gasteiger charge is -2.17. The van der Waals surface area contributed by atoms with Crippen molar-refractivity contribution in [3.05, 3.63) is 59.4 Å². The molecular formula is C19H19Cl2FN6. The maximum atomic E-state index is 13.1. The molecule has 2 aromatic carbocycles. The van der Waals surface area contributed by atoms with Gasteiger partial charge in [-0.2, -0.15) is 15.0 Å². The quantitative estimate of drug-likeness (QED) is 0.593. The molecule has 1 saturated heterocycles. The number of hydrogen-bond donors (Lipinski definition) is 2. The van der Waals surface area contributed by atoms with E-state index in [-0.39, 0.29) is 18.2 Å². The Morgan fingerprint density at radius 1 is 0.786 bits per heavy atom. The van der Waals surface area contributed by atoms with Gasteiger partial charge in [-0.15, -0.1) is 12.4 Å². The molecule has 146 valence electrons. The summed E-state index contributed by atoms with van der Waals surface area (Å²) in [7, 11) is 0. The summed E-state index contributed by atoms with van der Waals surface area (Å²) in [6.45, 7) is 1.83. The molecule has 0 saturated carbocycles. The number of aromatic nitrogens is 3. The molecule has 28 heavy (non-hydrogen) atoms. The standard InChI is InChI=1S/C19H18ClFN6.ClH/c20-13-3-7-15(8-4-13)22-17-24-18(23-16-9-5-14(21)6-10-16)26-19(25-17)27-11-1-2-12-27;/h3-10H,1-2,11-12H2,(H2,22,23,24,25,26);1H. The summed E-state index contributed by atoms with van der Waals surface area (Å²) in [6.07, 6.45) is 2.23. The summed E-state index contributed by atoms with van der Waals surface area (Å²) in [6, 6.07) is 13.4. The van der Waals surface area contributed by atoms with Crippen LogP contribution in [0.25, 0.3) is 0 Å². The molecule has 0 amide bonds. The molecule has 0 atom stereocenters. The van der Waals surface area contributed by atoms with Gasteiger partial charge in [0, 0.05) is 29.5 Å². The summed E-state index contributed by atoms with van der Waals surface area (Å²) >= 11 is 5.94. The van der Waals surface area contributed by atoms with Gasteiger partial charge >= 0.3 is 0 Å². The van der Waals surface area contributed by atoms with Crippen molar-refractivity contribution in [1.29, 1.82) is 0 Å². The van der Waals surface area contributed by atoms with E-state index < -0.39 is 0 Å². The third kappa shape index (κ3) is 4.99. The van der Waals surface area contributed by atoms with E-state index >= 15 is 0 Å². The number of nitrogens with one attached hydrogen (secondary N) is 2. The highest BCUT2D eigenvalue weighted by Gasteiger charge is 2.17. The second-order valence-electron chi connectivity index (χ2n) is 6.24. The fraction of sp³-hybridized carbons (Fsp3) is 0.211. The molecular weight excluding hydrogens is 402 g/mol. The summed E-state index contributed by atoms with van der Waals surface area (Å²) in [5.41, 5.74) is 1.53. The first kappa shape index (κ1) is 20.1. The van der Waals surface area contributed by atoms with E-state index in [2.05, 4.69) is 30.5 Å². The van der Waals surface area contributed by atoms with Gasteiger partial charge in [0.25, 0.3) is 0 Å². The Hall–Kier alpha value is -2.64.